The summed E-state index contributed by atoms with van der Waals surface area (Å²) in [5, 5.41) is 2.53. The first-order chi connectivity index (χ1) is 12.4. The molecular weight excluding hydrogens is 343 g/mol. The van der Waals surface area contributed by atoms with Crippen LogP contribution in [0.5, 0.6) is 0 Å². The number of halogens is 3. The van der Waals surface area contributed by atoms with Crippen LogP contribution in [0.4, 0.5) is 24.7 Å². The van der Waals surface area contributed by atoms with Crippen molar-refractivity contribution < 1.29 is 18.0 Å². The summed E-state index contributed by atoms with van der Waals surface area (Å²) in [7, 11) is 0. The van der Waals surface area contributed by atoms with Gasteiger partial charge in [-0.05, 0) is 43.2 Å². The summed E-state index contributed by atoms with van der Waals surface area (Å²) in [4.78, 5) is 18.9. The van der Waals surface area contributed by atoms with Crippen molar-refractivity contribution in [3.8, 4) is 0 Å². The van der Waals surface area contributed by atoms with Gasteiger partial charge in [0, 0.05) is 30.5 Å². The van der Waals surface area contributed by atoms with Gasteiger partial charge in [0.25, 0.3) is 5.91 Å². The summed E-state index contributed by atoms with van der Waals surface area (Å²) in [6, 6.07) is 7.85. The van der Waals surface area contributed by atoms with Gasteiger partial charge in [0.1, 0.15) is 5.82 Å². The lowest BCUT2D eigenvalue weighted by molar-refractivity contribution is -0.137. The summed E-state index contributed by atoms with van der Waals surface area (Å²) in [5.41, 5.74) is -0.315. The van der Waals surface area contributed by atoms with E-state index in [0.717, 1.165) is 43.9 Å². The molecule has 1 aliphatic heterocycles. The van der Waals surface area contributed by atoms with Gasteiger partial charge >= 0.3 is 6.18 Å². The van der Waals surface area contributed by atoms with Crippen molar-refractivity contribution in [1.82, 2.24) is 4.98 Å². The Hall–Kier alpha value is -2.57. The maximum atomic E-state index is 12.8. The second-order valence-corrected chi connectivity index (χ2v) is 6.34. The fourth-order valence-corrected chi connectivity index (χ4v) is 3.01. The number of nitrogens with one attached hydrogen (secondary N) is 1. The summed E-state index contributed by atoms with van der Waals surface area (Å²) in [6.45, 7) is 1.79. The quantitative estimate of drug-likeness (QED) is 0.857. The van der Waals surface area contributed by atoms with Gasteiger partial charge in [0.2, 0.25) is 0 Å². The second-order valence-electron chi connectivity index (χ2n) is 6.34. The van der Waals surface area contributed by atoms with E-state index in [-0.39, 0.29) is 5.69 Å². The largest absolute Gasteiger partial charge is 0.416 e. The summed E-state index contributed by atoms with van der Waals surface area (Å²) >= 11 is 0. The van der Waals surface area contributed by atoms with Crippen molar-refractivity contribution in [2.24, 2.45) is 0 Å². The van der Waals surface area contributed by atoms with Gasteiger partial charge in [-0.3, -0.25) is 4.79 Å². The van der Waals surface area contributed by atoms with Crippen LogP contribution in [0.1, 0.15) is 41.6 Å². The number of carbonyl (C=O) groups is 1. The van der Waals surface area contributed by atoms with E-state index in [1.54, 1.807) is 18.3 Å². The molecule has 0 bridgehead atoms. The average Bonchev–Trinajstić information content (AvgIpc) is 2.91. The molecule has 1 aliphatic rings. The van der Waals surface area contributed by atoms with Crippen molar-refractivity contribution in [2.75, 3.05) is 23.3 Å². The Balaban J connectivity index is 1.75. The number of pyridine rings is 1. The standard InChI is InChI=1S/C19H20F3N3O/c20-19(21,22)15-6-5-7-16(13-15)24-18(26)14-8-9-23-17(12-14)25-10-3-1-2-4-11-25/h5-9,12-13H,1-4,10-11H2,(H,24,26). The zero-order valence-corrected chi connectivity index (χ0v) is 14.2. The highest BCUT2D eigenvalue weighted by atomic mass is 19.4. The Morgan fingerprint density at radius 1 is 1.04 bits per heavy atom. The Morgan fingerprint density at radius 2 is 1.77 bits per heavy atom. The predicted octanol–water partition coefficient (Wildman–Crippen LogP) is 4.73. The number of aromatic nitrogens is 1. The number of alkyl halides is 3. The summed E-state index contributed by atoms with van der Waals surface area (Å²) < 4.78 is 38.4. The predicted molar refractivity (Wildman–Crippen MR) is 94.3 cm³/mol. The fourth-order valence-electron chi connectivity index (χ4n) is 3.01. The van der Waals surface area contributed by atoms with Crippen LogP contribution in [0.25, 0.3) is 0 Å². The van der Waals surface area contributed by atoms with E-state index < -0.39 is 17.6 Å². The highest BCUT2D eigenvalue weighted by molar-refractivity contribution is 6.04. The van der Waals surface area contributed by atoms with Gasteiger partial charge in [0.05, 0.1) is 5.56 Å². The lowest BCUT2D eigenvalue weighted by Crippen LogP contribution is -2.25. The smallest absolute Gasteiger partial charge is 0.357 e. The molecule has 1 saturated heterocycles. The molecule has 2 aromatic rings. The molecule has 1 aromatic heterocycles. The molecule has 0 atom stereocenters. The van der Waals surface area contributed by atoms with Gasteiger partial charge in [-0.1, -0.05) is 18.9 Å². The van der Waals surface area contributed by atoms with E-state index in [2.05, 4.69) is 15.2 Å². The molecule has 0 aliphatic carbocycles. The number of rotatable bonds is 3. The maximum absolute atomic E-state index is 12.8. The lowest BCUT2D eigenvalue weighted by atomic mass is 10.2. The van der Waals surface area contributed by atoms with Crippen molar-refractivity contribution in [3.05, 3.63) is 53.7 Å². The second kappa shape index (κ2) is 7.76. The highest BCUT2D eigenvalue weighted by Crippen LogP contribution is 2.30. The Morgan fingerprint density at radius 3 is 2.46 bits per heavy atom. The first-order valence-corrected chi connectivity index (χ1v) is 8.63. The molecule has 1 amide bonds. The van der Waals surface area contributed by atoms with Gasteiger partial charge in [-0.25, -0.2) is 4.98 Å². The minimum Gasteiger partial charge on any atom is -0.357 e. The molecule has 0 saturated carbocycles. The van der Waals surface area contributed by atoms with Crippen LogP contribution in [0.3, 0.4) is 0 Å². The highest BCUT2D eigenvalue weighted by Gasteiger charge is 2.30. The SMILES string of the molecule is O=C(Nc1cccc(C(F)(F)F)c1)c1ccnc(N2CCCCCC2)c1. The normalized spacial score (nSPS) is 15.4. The minimum absolute atomic E-state index is 0.109. The zero-order chi connectivity index (χ0) is 18.6. The average molecular weight is 363 g/mol. The maximum Gasteiger partial charge on any atom is 0.416 e. The van der Waals surface area contributed by atoms with Crippen molar-refractivity contribution in [3.63, 3.8) is 0 Å². The molecule has 26 heavy (non-hydrogen) atoms. The lowest BCUT2D eigenvalue weighted by Gasteiger charge is -2.21. The number of benzene rings is 1. The van der Waals surface area contributed by atoms with Crippen LogP contribution in [-0.2, 0) is 6.18 Å². The van der Waals surface area contributed by atoms with Crippen LogP contribution < -0.4 is 10.2 Å². The van der Waals surface area contributed by atoms with Crippen LogP contribution in [0.2, 0.25) is 0 Å². The van der Waals surface area contributed by atoms with Crippen molar-refractivity contribution in [1.29, 1.82) is 0 Å². The monoisotopic (exact) mass is 363 g/mol. The van der Waals surface area contributed by atoms with Crippen LogP contribution in [-0.4, -0.2) is 24.0 Å². The molecule has 0 unspecified atom stereocenters. The minimum atomic E-state index is -4.45. The molecule has 0 spiro atoms. The number of anilines is 2. The molecule has 7 heteroatoms. The fraction of sp³-hybridized carbons (Fsp3) is 0.368. The zero-order valence-electron chi connectivity index (χ0n) is 14.2. The van der Waals surface area contributed by atoms with Gasteiger partial charge in [-0.15, -0.1) is 0 Å². The molecule has 1 N–H and O–H groups in total. The molecule has 1 aromatic carbocycles. The van der Waals surface area contributed by atoms with Gasteiger partial charge in [0.15, 0.2) is 0 Å². The third kappa shape index (κ3) is 4.53. The van der Waals surface area contributed by atoms with Crippen LogP contribution in [0, 0.1) is 0 Å². The van der Waals surface area contributed by atoms with E-state index in [1.165, 1.54) is 25.0 Å². The molecule has 1 fully saturated rings. The first-order valence-electron chi connectivity index (χ1n) is 8.63. The van der Waals surface area contributed by atoms with Gasteiger partial charge < -0.3 is 10.2 Å². The Bertz CT molecular complexity index is 769. The molecule has 2 heterocycles. The number of carbonyl (C=O) groups excluding carboxylic acids is 1. The molecule has 4 nitrogen and oxygen atoms in total. The van der Waals surface area contributed by atoms with Crippen LogP contribution >= 0.6 is 0 Å². The van der Waals surface area contributed by atoms with E-state index >= 15 is 0 Å². The molecule has 0 radical (unpaired) electrons. The number of nitrogens with zero attached hydrogens (tertiary/aromatic N) is 2. The molecule has 3 rings (SSSR count). The summed E-state index contributed by atoms with van der Waals surface area (Å²) in [5.74, 6) is 0.270. The number of amides is 1. The van der Waals surface area contributed by atoms with E-state index in [0.29, 0.717) is 5.56 Å². The first kappa shape index (κ1) is 18.2. The Labute approximate surface area is 150 Å². The third-order valence-corrected chi connectivity index (χ3v) is 4.39. The van der Waals surface area contributed by atoms with Crippen LogP contribution in [0.15, 0.2) is 42.6 Å². The van der Waals surface area contributed by atoms with E-state index in [4.69, 9.17) is 0 Å². The van der Waals surface area contributed by atoms with E-state index in [9.17, 15) is 18.0 Å². The third-order valence-electron chi connectivity index (χ3n) is 4.39. The summed E-state index contributed by atoms with van der Waals surface area (Å²) in [6.07, 6.45) is 1.65. The van der Waals surface area contributed by atoms with Crippen molar-refractivity contribution >= 4 is 17.4 Å². The number of hydrogen-bond acceptors (Lipinski definition) is 3. The van der Waals surface area contributed by atoms with E-state index in [1.807, 2.05) is 0 Å². The van der Waals surface area contributed by atoms with Gasteiger partial charge in [-0.2, -0.15) is 13.2 Å². The Kier molecular flexibility index (Phi) is 5.44. The topological polar surface area (TPSA) is 45.2 Å². The van der Waals surface area contributed by atoms with Crippen molar-refractivity contribution in [2.45, 2.75) is 31.9 Å². The molecular formula is C19H20F3N3O. The number of hydrogen-bond donors (Lipinski definition) is 1. The molecule has 138 valence electrons.